The Kier molecular flexibility index (Phi) is 13.8. The lowest BCUT2D eigenvalue weighted by Crippen LogP contribution is -2.68. The first kappa shape index (κ1) is 33.9. The Morgan fingerprint density at radius 1 is 0.875 bits per heavy atom. The summed E-state index contributed by atoms with van der Waals surface area (Å²) < 4.78 is 24.1. The van der Waals surface area contributed by atoms with Crippen LogP contribution in [0.15, 0.2) is 0 Å². The third-order valence-corrected chi connectivity index (χ3v) is 7.93. The van der Waals surface area contributed by atoms with Gasteiger partial charge in [-0.3, -0.25) is 0 Å². The lowest BCUT2D eigenvalue weighted by Gasteiger charge is -2.48. The van der Waals surface area contributed by atoms with Gasteiger partial charge in [-0.15, -0.1) is 0 Å². The van der Waals surface area contributed by atoms with Crippen LogP contribution >= 0.6 is 0 Å². The van der Waals surface area contributed by atoms with Gasteiger partial charge < -0.3 is 83.8 Å². The summed E-state index contributed by atoms with van der Waals surface area (Å²) >= 11 is 0. The molecule has 0 aromatic heterocycles. The van der Waals surface area contributed by atoms with Crippen molar-refractivity contribution in [1.29, 1.82) is 0 Å². The molecule has 0 aromatic carbocycles. The number of hydrogen-bond donors (Lipinski definition) is 12. The van der Waals surface area contributed by atoms with Crippen molar-refractivity contribution < 1.29 is 44.5 Å². The molecule has 0 aromatic rings. The molecule has 0 spiro atoms. The van der Waals surface area contributed by atoms with Crippen LogP contribution in [0.1, 0.15) is 25.7 Å². The van der Waals surface area contributed by atoms with Gasteiger partial charge in [0.2, 0.25) is 0 Å². The number of nitrogens with one attached hydrogen (secondary N) is 2. The minimum absolute atomic E-state index is 0.0147. The van der Waals surface area contributed by atoms with E-state index in [1.165, 1.54) is 0 Å². The normalized spacial score (nSPS) is 43.5. The predicted molar refractivity (Wildman–Crippen MR) is 143 cm³/mol. The molecule has 2 heterocycles. The lowest BCUT2D eigenvalue weighted by molar-refractivity contribution is -0.314. The van der Waals surface area contributed by atoms with Crippen LogP contribution in [0.25, 0.3) is 0 Å². The molecule has 0 amide bonds. The highest BCUT2D eigenvalue weighted by Crippen LogP contribution is 2.31. The number of aliphatic hydroxyl groups is 5. The van der Waals surface area contributed by atoms with Crippen LogP contribution in [-0.4, -0.2) is 150 Å². The van der Waals surface area contributed by atoms with Gasteiger partial charge in [-0.25, -0.2) is 0 Å². The summed E-state index contributed by atoms with van der Waals surface area (Å²) in [6.07, 6.45) is -7.95. The number of aliphatic hydroxyl groups excluding tert-OH is 5. The highest BCUT2D eigenvalue weighted by molar-refractivity contribution is 5.02. The van der Waals surface area contributed by atoms with Gasteiger partial charge in [0.1, 0.15) is 36.6 Å². The molecule has 16 heteroatoms. The molecule has 3 fully saturated rings. The van der Waals surface area contributed by atoms with Gasteiger partial charge in [0.25, 0.3) is 0 Å². The fourth-order valence-corrected chi connectivity index (χ4v) is 5.45. The maximum Gasteiger partial charge on any atom is 0.186 e. The molecule has 17 N–H and O–H groups in total. The third kappa shape index (κ3) is 8.47. The van der Waals surface area contributed by atoms with Gasteiger partial charge in [0, 0.05) is 31.7 Å². The van der Waals surface area contributed by atoms with E-state index in [0.29, 0.717) is 19.6 Å². The third-order valence-electron chi connectivity index (χ3n) is 7.93. The summed E-state index contributed by atoms with van der Waals surface area (Å²) in [7, 11) is 0. The molecule has 40 heavy (non-hydrogen) atoms. The maximum absolute atomic E-state index is 11.6. The van der Waals surface area contributed by atoms with Crippen LogP contribution < -0.4 is 39.3 Å². The molecule has 236 valence electrons. The van der Waals surface area contributed by atoms with Crippen molar-refractivity contribution in [2.24, 2.45) is 28.7 Å². The Bertz CT molecular complexity index is 730. The van der Waals surface area contributed by atoms with Crippen molar-refractivity contribution in [3.05, 3.63) is 0 Å². The largest absolute Gasteiger partial charge is 0.394 e. The van der Waals surface area contributed by atoms with Crippen molar-refractivity contribution in [2.75, 3.05) is 39.3 Å². The number of nitrogens with two attached hydrogens (primary N) is 5. The van der Waals surface area contributed by atoms with Crippen molar-refractivity contribution in [3.8, 4) is 0 Å². The summed E-state index contributed by atoms with van der Waals surface area (Å²) in [6, 6.07) is -2.63. The van der Waals surface area contributed by atoms with E-state index in [1.54, 1.807) is 0 Å². The SMILES string of the molecule is NCCCN[C@@H]1CC[C@@H](CN)O[C@@H]1OC1[C@@H](N)C[C@@H](NCC(O)CN)[C@H](O[C@H]2O[C@H](CO)[C@@H](O)[C@H](N)[C@H]2O)[C@H]1O. The molecule has 3 aliphatic rings. The zero-order chi connectivity index (χ0) is 29.4. The minimum atomic E-state index is -1.46. The van der Waals surface area contributed by atoms with E-state index in [-0.39, 0.29) is 31.7 Å². The molecule has 1 aliphatic carbocycles. The van der Waals surface area contributed by atoms with E-state index < -0.39 is 80.0 Å². The van der Waals surface area contributed by atoms with Gasteiger partial charge in [-0.05, 0) is 38.8 Å². The predicted octanol–water partition coefficient (Wildman–Crippen LogP) is -6.34. The van der Waals surface area contributed by atoms with E-state index in [2.05, 4.69) is 10.6 Å². The van der Waals surface area contributed by atoms with Crippen molar-refractivity contribution in [2.45, 2.75) is 111 Å². The maximum atomic E-state index is 11.6. The van der Waals surface area contributed by atoms with Crippen LogP contribution in [0, 0.1) is 0 Å². The molecule has 14 atom stereocenters. The standard InChI is InChI=1S/C24H51N7O9/c25-4-1-5-30-14-3-2-12(8-27)37-23(14)39-21-13(28)6-15(31-9-11(33)7-26)22(20(21)36)40-24-19(35)17(29)18(34)16(10-32)38-24/h11-24,30-36H,1-10,25-29H2/t11?,12-,13-,14+,15+,16+,17-,18+,19+,20-,21?,22-,23+,24+/m0/s1. The molecule has 3 rings (SSSR count). The average Bonchev–Trinajstić information content (AvgIpc) is 2.96. The molecule has 0 radical (unpaired) electrons. The zero-order valence-corrected chi connectivity index (χ0v) is 22.9. The fraction of sp³-hybridized carbons (Fsp3) is 1.00. The quantitative estimate of drug-likeness (QED) is 0.0849. The smallest absolute Gasteiger partial charge is 0.186 e. The van der Waals surface area contributed by atoms with Crippen LogP contribution in [0.4, 0.5) is 0 Å². The van der Waals surface area contributed by atoms with Gasteiger partial charge in [0.15, 0.2) is 12.6 Å². The van der Waals surface area contributed by atoms with E-state index in [9.17, 15) is 25.5 Å². The van der Waals surface area contributed by atoms with Crippen LogP contribution in [-0.2, 0) is 18.9 Å². The van der Waals surface area contributed by atoms with Crippen molar-refractivity contribution >= 4 is 0 Å². The fourth-order valence-electron chi connectivity index (χ4n) is 5.45. The average molecular weight is 582 g/mol. The van der Waals surface area contributed by atoms with Gasteiger partial charge in [-0.1, -0.05) is 0 Å². The van der Waals surface area contributed by atoms with Crippen LogP contribution in [0.2, 0.25) is 0 Å². The summed E-state index contributed by atoms with van der Waals surface area (Å²) in [5.74, 6) is 0. The molecule has 0 bridgehead atoms. The van der Waals surface area contributed by atoms with Gasteiger partial charge in [0.05, 0.1) is 30.9 Å². The second-order valence-electron chi connectivity index (χ2n) is 10.9. The molecule has 2 aliphatic heterocycles. The van der Waals surface area contributed by atoms with Crippen molar-refractivity contribution in [3.63, 3.8) is 0 Å². The Hall–Kier alpha value is -0.640. The monoisotopic (exact) mass is 581 g/mol. The second-order valence-corrected chi connectivity index (χ2v) is 10.9. The lowest BCUT2D eigenvalue weighted by atomic mass is 9.83. The van der Waals surface area contributed by atoms with E-state index in [0.717, 1.165) is 19.3 Å². The van der Waals surface area contributed by atoms with E-state index in [1.807, 2.05) is 0 Å². The van der Waals surface area contributed by atoms with Gasteiger partial charge in [-0.2, -0.15) is 0 Å². The summed E-state index contributed by atoms with van der Waals surface area (Å²) in [5, 5.41) is 58.6. The molecular formula is C24H51N7O9. The summed E-state index contributed by atoms with van der Waals surface area (Å²) in [5.41, 5.74) is 29.5. The second kappa shape index (κ2) is 16.3. The van der Waals surface area contributed by atoms with Crippen LogP contribution in [0.5, 0.6) is 0 Å². The van der Waals surface area contributed by atoms with E-state index >= 15 is 0 Å². The highest BCUT2D eigenvalue weighted by atomic mass is 16.7. The van der Waals surface area contributed by atoms with Gasteiger partial charge >= 0.3 is 0 Å². The minimum Gasteiger partial charge on any atom is -0.394 e. The summed E-state index contributed by atoms with van der Waals surface area (Å²) in [4.78, 5) is 0. The number of hydrogen-bond acceptors (Lipinski definition) is 16. The van der Waals surface area contributed by atoms with E-state index in [4.69, 9.17) is 47.6 Å². The molecule has 2 saturated heterocycles. The Balaban J connectivity index is 1.79. The summed E-state index contributed by atoms with van der Waals surface area (Å²) in [6.45, 7) is 1.05. The van der Waals surface area contributed by atoms with Crippen LogP contribution in [0.3, 0.4) is 0 Å². The molecule has 2 unspecified atom stereocenters. The topological polar surface area (TPSA) is 292 Å². The molecule has 16 nitrogen and oxygen atoms in total. The number of rotatable bonds is 14. The van der Waals surface area contributed by atoms with Crippen molar-refractivity contribution in [1.82, 2.24) is 10.6 Å². The zero-order valence-electron chi connectivity index (χ0n) is 22.9. The first-order chi connectivity index (χ1) is 19.1. The Morgan fingerprint density at radius 3 is 2.25 bits per heavy atom. The highest BCUT2D eigenvalue weighted by Gasteiger charge is 2.50. The first-order valence-corrected chi connectivity index (χ1v) is 14.2. The molecule has 1 saturated carbocycles. The Labute approximate surface area is 234 Å². The first-order valence-electron chi connectivity index (χ1n) is 14.2. The molecular weight excluding hydrogens is 530 g/mol. The Morgan fingerprint density at radius 2 is 1.60 bits per heavy atom. The number of ether oxygens (including phenoxy) is 4.